The highest BCUT2D eigenvalue weighted by atomic mass is 35.5. The van der Waals surface area contributed by atoms with Crippen molar-refractivity contribution < 1.29 is 27.9 Å². The molecular weight excluding hydrogens is 406 g/mol. The molecule has 9 heteroatoms. The molecule has 0 aliphatic carbocycles. The van der Waals surface area contributed by atoms with E-state index in [-0.39, 0.29) is 10.9 Å². The Labute approximate surface area is 171 Å². The summed E-state index contributed by atoms with van der Waals surface area (Å²) >= 11 is 5.69. The molecule has 0 aliphatic heterocycles. The Morgan fingerprint density at radius 2 is 1.62 bits per heavy atom. The summed E-state index contributed by atoms with van der Waals surface area (Å²) < 4.78 is 31.1. The molecule has 6 nitrogen and oxygen atoms in total. The average Bonchev–Trinajstić information content (AvgIpc) is 2.70. The maximum Gasteiger partial charge on any atom is 0.340 e. The highest BCUT2D eigenvalue weighted by Crippen LogP contribution is 2.21. The van der Waals surface area contributed by atoms with Crippen LogP contribution in [0.3, 0.4) is 0 Å². The third kappa shape index (κ3) is 5.74. The number of ether oxygens (including phenoxy) is 1. The highest BCUT2D eigenvalue weighted by molar-refractivity contribution is 6.33. The number of amides is 2. The minimum absolute atomic E-state index is 0.120. The molecule has 0 radical (unpaired) electrons. The third-order valence-electron chi connectivity index (χ3n) is 4.03. The van der Waals surface area contributed by atoms with E-state index in [2.05, 4.69) is 5.32 Å². The first-order chi connectivity index (χ1) is 13.8. The lowest BCUT2D eigenvalue weighted by Crippen LogP contribution is -2.30. The largest absolute Gasteiger partial charge is 0.452 e. The van der Waals surface area contributed by atoms with Gasteiger partial charge < -0.3 is 15.0 Å². The number of halogens is 3. The summed E-state index contributed by atoms with van der Waals surface area (Å²) in [6.07, 6.45) is 0. The fourth-order valence-electron chi connectivity index (χ4n) is 2.47. The van der Waals surface area contributed by atoms with Crippen molar-refractivity contribution in [3.8, 4) is 0 Å². The van der Waals surface area contributed by atoms with Gasteiger partial charge in [0.15, 0.2) is 18.2 Å². The van der Waals surface area contributed by atoms with Gasteiger partial charge in [-0.3, -0.25) is 9.59 Å². The van der Waals surface area contributed by atoms with Gasteiger partial charge in [-0.25, -0.2) is 13.6 Å². The summed E-state index contributed by atoms with van der Waals surface area (Å²) in [5.74, 6) is -4.30. The molecular formula is C20H19ClF2N2O4. The van der Waals surface area contributed by atoms with Crippen molar-refractivity contribution in [3.05, 3.63) is 64.2 Å². The summed E-state index contributed by atoms with van der Waals surface area (Å²) in [6.45, 7) is 4.27. The van der Waals surface area contributed by atoms with Crippen LogP contribution in [0.15, 0.2) is 36.4 Å². The number of anilines is 1. The molecule has 2 amide bonds. The summed E-state index contributed by atoms with van der Waals surface area (Å²) in [6, 6.07) is 7.48. The van der Waals surface area contributed by atoms with Gasteiger partial charge >= 0.3 is 5.97 Å². The quantitative estimate of drug-likeness (QED) is 0.540. The fourth-order valence-corrected chi connectivity index (χ4v) is 2.70. The minimum Gasteiger partial charge on any atom is -0.452 e. The molecule has 0 saturated carbocycles. The lowest BCUT2D eigenvalue weighted by atomic mass is 10.2. The molecule has 2 aromatic carbocycles. The number of benzene rings is 2. The van der Waals surface area contributed by atoms with E-state index < -0.39 is 35.7 Å². The van der Waals surface area contributed by atoms with E-state index in [1.807, 2.05) is 13.8 Å². The van der Waals surface area contributed by atoms with E-state index in [4.69, 9.17) is 16.3 Å². The second-order valence-corrected chi connectivity index (χ2v) is 6.33. The molecule has 154 valence electrons. The number of hydrogen-bond donors (Lipinski definition) is 1. The van der Waals surface area contributed by atoms with E-state index in [1.54, 1.807) is 29.2 Å². The normalized spacial score (nSPS) is 10.4. The van der Waals surface area contributed by atoms with Gasteiger partial charge in [-0.15, -0.1) is 0 Å². The fraction of sp³-hybridized carbons (Fsp3) is 0.250. The predicted molar refractivity (Wildman–Crippen MR) is 104 cm³/mol. The molecule has 0 unspecified atom stereocenters. The van der Waals surface area contributed by atoms with Crippen LogP contribution in [0.25, 0.3) is 0 Å². The van der Waals surface area contributed by atoms with Gasteiger partial charge in [-0.1, -0.05) is 11.6 Å². The van der Waals surface area contributed by atoms with Gasteiger partial charge in [0.05, 0.1) is 10.6 Å². The monoisotopic (exact) mass is 424 g/mol. The lowest BCUT2D eigenvalue weighted by Gasteiger charge is -2.18. The standard InChI is InChI=1S/C20H19ClF2N2O4/c1-3-25(4-2)19(27)12-5-7-13(8-6-12)24-18(26)11-29-20(28)14-9-16(22)17(23)10-15(14)21/h5-10H,3-4,11H2,1-2H3,(H,24,26). The predicted octanol–water partition coefficient (Wildman–Crippen LogP) is 3.90. The molecule has 29 heavy (non-hydrogen) atoms. The summed E-state index contributed by atoms with van der Waals surface area (Å²) in [5, 5.41) is 2.17. The molecule has 0 bridgehead atoms. The molecule has 2 aromatic rings. The van der Waals surface area contributed by atoms with Crippen molar-refractivity contribution in [1.82, 2.24) is 4.90 Å². The molecule has 0 fully saturated rings. The van der Waals surface area contributed by atoms with Crippen LogP contribution >= 0.6 is 11.6 Å². The molecule has 1 N–H and O–H groups in total. The zero-order chi connectivity index (χ0) is 21.6. The van der Waals surface area contributed by atoms with Crippen molar-refractivity contribution >= 4 is 35.1 Å². The first-order valence-corrected chi connectivity index (χ1v) is 9.15. The van der Waals surface area contributed by atoms with Crippen LogP contribution in [0.5, 0.6) is 0 Å². The first kappa shape index (κ1) is 22.3. The molecule has 0 saturated heterocycles. The van der Waals surface area contributed by atoms with Gasteiger partial charge in [0.1, 0.15) is 0 Å². The van der Waals surface area contributed by atoms with Crippen molar-refractivity contribution in [2.75, 3.05) is 25.0 Å². The van der Waals surface area contributed by atoms with Crippen LogP contribution in [0.2, 0.25) is 5.02 Å². The smallest absolute Gasteiger partial charge is 0.340 e. The number of nitrogens with zero attached hydrogens (tertiary/aromatic N) is 1. The zero-order valence-electron chi connectivity index (χ0n) is 15.8. The Morgan fingerprint density at radius 3 is 2.21 bits per heavy atom. The minimum atomic E-state index is -1.26. The molecule has 0 aromatic heterocycles. The summed E-state index contributed by atoms with van der Waals surface area (Å²) in [7, 11) is 0. The van der Waals surface area contributed by atoms with Crippen molar-refractivity contribution in [2.24, 2.45) is 0 Å². The van der Waals surface area contributed by atoms with Gasteiger partial charge in [-0.2, -0.15) is 0 Å². The van der Waals surface area contributed by atoms with E-state index in [0.717, 1.165) is 0 Å². The van der Waals surface area contributed by atoms with Gasteiger partial charge in [-0.05, 0) is 50.2 Å². The van der Waals surface area contributed by atoms with Gasteiger partial charge in [0.25, 0.3) is 11.8 Å². The van der Waals surface area contributed by atoms with Crippen molar-refractivity contribution in [1.29, 1.82) is 0 Å². The Hall–Kier alpha value is -3.00. The Kier molecular flexibility index (Phi) is 7.67. The van der Waals surface area contributed by atoms with Crippen LogP contribution in [-0.4, -0.2) is 42.4 Å². The van der Waals surface area contributed by atoms with E-state index >= 15 is 0 Å². The third-order valence-corrected chi connectivity index (χ3v) is 4.34. The molecule has 0 aliphatic rings. The number of carbonyl (C=O) groups excluding carboxylic acids is 3. The number of esters is 1. The Balaban J connectivity index is 1.93. The number of rotatable bonds is 7. The summed E-state index contributed by atoms with van der Waals surface area (Å²) in [4.78, 5) is 37.8. The van der Waals surface area contributed by atoms with E-state index in [0.29, 0.717) is 36.5 Å². The maximum absolute atomic E-state index is 13.2. The van der Waals surface area contributed by atoms with Gasteiger partial charge in [0, 0.05) is 24.3 Å². The van der Waals surface area contributed by atoms with E-state index in [9.17, 15) is 23.2 Å². The average molecular weight is 425 g/mol. The topological polar surface area (TPSA) is 75.7 Å². The molecule has 0 heterocycles. The molecule has 0 atom stereocenters. The van der Waals surface area contributed by atoms with Crippen LogP contribution in [-0.2, 0) is 9.53 Å². The second-order valence-electron chi connectivity index (χ2n) is 5.93. The Bertz CT molecular complexity index is 915. The van der Waals surface area contributed by atoms with Crippen LogP contribution < -0.4 is 5.32 Å². The summed E-state index contributed by atoms with van der Waals surface area (Å²) in [5.41, 5.74) is 0.483. The molecule has 2 rings (SSSR count). The number of nitrogens with one attached hydrogen (secondary N) is 1. The first-order valence-electron chi connectivity index (χ1n) is 8.77. The van der Waals surface area contributed by atoms with Gasteiger partial charge in [0.2, 0.25) is 0 Å². The van der Waals surface area contributed by atoms with Crippen LogP contribution in [0, 0.1) is 11.6 Å². The van der Waals surface area contributed by atoms with Crippen molar-refractivity contribution in [2.45, 2.75) is 13.8 Å². The lowest BCUT2D eigenvalue weighted by molar-refractivity contribution is -0.119. The maximum atomic E-state index is 13.2. The van der Waals surface area contributed by atoms with Crippen LogP contribution in [0.1, 0.15) is 34.6 Å². The van der Waals surface area contributed by atoms with Crippen LogP contribution in [0.4, 0.5) is 14.5 Å². The van der Waals surface area contributed by atoms with Crippen molar-refractivity contribution in [3.63, 3.8) is 0 Å². The zero-order valence-corrected chi connectivity index (χ0v) is 16.6. The number of hydrogen-bond acceptors (Lipinski definition) is 4. The highest BCUT2D eigenvalue weighted by Gasteiger charge is 2.18. The number of carbonyl (C=O) groups is 3. The second kappa shape index (κ2) is 9.97. The molecule has 0 spiro atoms. The SMILES string of the molecule is CCN(CC)C(=O)c1ccc(NC(=O)COC(=O)c2cc(F)c(F)cc2Cl)cc1. The Morgan fingerprint density at radius 1 is 1.03 bits per heavy atom. The van der Waals surface area contributed by atoms with E-state index in [1.165, 1.54) is 0 Å².